The number of anilines is 3. The highest BCUT2D eigenvalue weighted by Crippen LogP contribution is 2.48. The molecule has 1 aliphatic heterocycles. The minimum atomic E-state index is 0.650. The minimum Gasteiger partial charge on any atom is -0.456 e. The molecular weight excluding hydrogens is 576 g/mol. The van der Waals surface area contributed by atoms with Crippen LogP contribution < -0.4 is 4.90 Å². The summed E-state index contributed by atoms with van der Waals surface area (Å²) in [7, 11) is 0. The summed E-state index contributed by atoms with van der Waals surface area (Å²) in [6.07, 6.45) is 9.23. The lowest BCUT2D eigenvalue weighted by Gasteiger charge is -2.29. The van der Waals surface area contributed by atoms with E-state index in [1.54, 1.807) is 0 Å². The molecule has 0 unspecified atom stereocenters. The van der Waals surface area contributed by atoms with Crippen molar-refractivity contribution >= 4 is 88.5 Å². The Balaban J connectivity index is 1.34. The van der Waals surface area contributed by atoms with Crippen molar-refractivity contribution in [3.63, 3.8) is 0 Å². The Morgan fingerprint density at radius 1 is 0.660 bits per heavy atom. The zero-order chi connectivity index (χ0) is 31.1. The van der Waals surface area contributed by atoms with Crippen LogP contribution in [0.3, 0.4) is 0 Å². The van der Waals surface area contributed by atoms with E-state index in [0.717, 1.165) is 75.0 Å². The summed E-state index contributed by atoms with van der Waals surface area (Å²) in [6.45, 7) is 2.17. The van der Waals surface area contributed by atoms with Gasteiger partial charge in [-0.1, -0.05) is 84.9 Å². The van der Waals surface area contributed by atoms with Crippen LogP contribution in [0.1, 0.15) is 29.7 Å². The van der Waals surface area contributed by atoms with E-state index in [1.807, 2.05) is 18.3 Å². The van der Waals surface area contributed by atoms with Gasteiger partial charge in [-0.2, -0.15) is 0 Å². The van der Waals surface area contributed by atoms with Crippen LogP contribution in [-0.2, 0) is 6.42 Å². The van der Waals surface area contributed by atoms with Crippen LogP contribution >= 0.6 is 0 Å². The average Bonchev–Trinajstić information content (AvgIpc) is 3.65. The first-order valence-corrected chi connectivity index (χ1v) is 16.3. The summed E-state index contributed by atoms with van der Waals surface area (Å²) in [5.41, 5.74) is 7.98. The van der Waals surface area contributed by atoms with Crippen molar-refractivity contribution in [2.45, 2.75) is 26.2 Å². The Morgan fingerprint density at radius 2 is 1.45 bits per heavy atom. The maximum absolute atomic E-state index is 6.48. The Labute approximate surface area is 271 Å². The van der Waals surface area contributed by atoms with Gasteiger partial charge in [0.1, 0.15) is 16.9 Å². The summed E-state index contributed by atoms with van der Waals surface area (Å²) >= 11 is 0. The molecule has 0 N–H and O–H groups in total. The topological polar surface area (TPSA) is 42.4 Å². The molecule has 0 saturated heterocycles. The molecule has 0 saturated carbocycles. The van der Waals surface area contributed by atoms with Gasteiger partial charge in [0.2, 0.25) is 5.71 Å². The van der Waals surface area contributed by atoms with Crippen LogP contribution in [0.5, 0.6) is 0 Å². The van der Waals surface area contributed by atoms with E-state index in [-0.39, 0.29) is 0 Å². The number of furan rings is 2. The first kappa shape index (κ1) is 26.4. The molecule has 0 atom stereocenters. The largest absolute Gasteiger partial charge is 0.456 e. The van der Waals surface area contributed by atoms with E-state index in [9.17, 15) is 0 Å². The molecule has 10 rings (SSSR count). The normalized spacial score (nSPS) is 14.4. The molecule has 0 amide bonds. The van der Waals surface area contributed by atoms with Crippen molar-refractivity contribution in [1.29, 1.82) is 0 Å². The number of para-hydroxylation sites is 1. The SMILES string of the molecule is Cc1c2oc3cccc(c13)N(c1ccc3c(ccc4ccc5ccccc5c43)c1)c1c(cnc3oc4ccccc4c13)CCC/C=C\2. The molecule has 2 bridgehead atoms. The molecule has 4 heterocycles. The maximum atomic E-state index is 6.48. The zero-order valence-electron chi connectivity index (χ0n) is 26.0. The first-order chi connectivity index (χ1) is 23.2. The van der Waals surface area contributed by atoms with Gasteiger partial charge in [0.05, 0.1) is 16.8 Å². The number of benzene rings is 6. The number of aromatic nitrogens is 1. The molecule has 1 aliphatic rings. The van der Waals surface area contributed by atoms with Crippen LogP contribution in [0.2, 0.25) is 0 Å². The third kappa shape index (κ3) is 3.91. The predicted octanol–water partition coefficient (Wildman–Crippen LogP) is 12.3. The van der Waals surface area contributed by atoms with Crippen LogP contribution in [0.25, 0.3) is 71.4 Å². The standard InChI is InChI=1S/C43H30N2O2/c1-26-36-15-4-2-3-11-30-25-44-43-41(34-13-7-8-16-37(34)47-43)42(30)45(35-14-9-17-38(46-36)39(26)35)31-22-23-33-29(24-31)21-20-28-19-18-27-10-5-6-12-32(27)40(28)33/h4-10,12-25H,2-3,11H2,1H3/b15-4-. The second-order valence-electron chi connectivity index (χ2n) is 12.6. The molecule has 0 fully saturated rings. The number of fused-ring (bicyclic) bond motifs is 11. The van der Waals surface area contributed by atoms with Crippen molar-refractivity contribution in [3.8, 4) is 0 Å². The van der Waals surface area contributed by atoms with Gasteiger partial charge in [0.25, 0.3) is 0 Å². The smallest absolute Gasteiger partial charge is 0.229 e. The molecule has 3 aromatic heterocycles. The van der Waals surface area contributed by atoms with Crippen LogP contribution in [0.4, 0.5) is 17.1 Å². The molecule has 4 nitrogen and oxygen atoms in total. The second kappa shape index (κ2) is 10.1. The van der Waals surface area contributed by atoms with E-state index < -0.39 is 0 Å². The third-order valence-electron chi connectivity index (χ3n) is 9.94. The second-order valence-corrected chi connectivity index (χ2v) is 12.6. The number of rotatable bonds is 1. The lowest BCUT2D eigenvalue weighted by molar-refractivity contribution is 0.601. The Morgan fingerprint density at radius 3 is 2.38 bits per heavy atom. The fourth-order valence-corrected chi connectivity index (χ4v) is 7.75. The first-order valence-electron chi connectivity index (χ1n) is 16.3. The van der Waals surface area contributed by atoms with Gasteiger partial charge in [-0.25, -0.2) is 4.98 Å². The van der Waals surface area contributed by atoms with Crippen LogP contribution in [-0.4, -0.2) is 4.98 Å². The zero-order valence-corrected chi connectivity index (χ0v) is 26.0. The summed E-state index contributed by atoms with van der Waals surface area (Å²) in [6, 6.07) is 39.3. The lowest BCUT2D eigenvalue weighted by atomic mass is 9.95. The predicted molar refractivity (Wildman–Crippen MR) is 195 cm³/mol. The van der Waals surface area contributed by atoms with Crippen molar-refractivity contribution < 1.29 is 8.83 Å². The molecular formula is C43H30N2O2. The van der Waals surface area contributed by atoms with Gasteiger partial charge >= 0.3 is 0 Å². The summed E-state index contributed by atoms with van der Waals surface area (Å²) < 4.78 is 12.9. The minimum absolute atomic E-state index is 0.650. The maximum Gasteiger partial charge on any atom is 0.229 e. The van der Waals surface area contributed by atoms with Crippen molar-refractivity contribution in [3.05, 3.63) is 138 Å². The summed E-state index contributed by atoms with van der Waals surface area (Å²) in [5, 5.41) is 10.7. The monoisotopic (exact) mass is 606 g/mol. The molecule has 6 aromatic carbocycles. The number of hydrogen-bond donors (Lipinski definition) is 0. The summed E-state index contributed by atoms with van der Waals surface area (Å²) in [5.74, 6) is 0.915. The molecule has 47 heavy (non-hydrogen) atoms. The fraction of sp³-hybridized carbons (Fsp3) is 0.0930. The molecule has 0 aliphatic carbocycles. The highest BCUT2D eigenvalue weighted by molar-refractivity contribution is 6.21. The molecule has 9 aromatic rings. The molecule has 4 heteroatoms. The summed E-state index contributed by atoms with van der Waals surface area (Å²) in [4.78, 5) is 7.33. The van der Waals surface area contributed by atoms with Gasteiger partial charge in [-0.05, 0) is 100 Å². The molecule has 224 valence electrons. The Hall–Kier alpha value is -5.87. The van der Waals surface area contributed by atoms with E-state index >= 15 is 0 Å². The number of nitrogens with zero attached hydrogens (tertiary/aromatic N) is 2. The van der Waals surface area contributed by atoms with E-state index in [0.29, 0.717) is 5.71 Å². The lowest BCUT2D eigenvalue weighted by Crippen LogP contribution is -2.14. The van der Waals surface area contributed by atoms with Gasteiger partial charge < -0.3 is 13.7 Å². The Bertz CT molecular complexity index is 2750. The van der Waals surface area contributed by atoms with Crippen molar-refractivity contribution in [2.75, 3.05) is 4.90 Å². The van der Waals surface area contributed by atoms with Gasteiger partial charge in [-0.3, -0.25) is 0 Å². The molecule has 0 spiro atoms. The quantitative estimate of drug-likeness (QED) is 0.174. The number of pyridine rings is 1. The van der Waals surface area contributed by atoms with Crippen molar-refractivity contribution in [2.24, 2.45) is 0 Å². The fourth-order valence-electron chi connectivity index (χ4n) is 7.75. The number of allylic oxidation sites excluding steroid dienone is 1. The average molecular weight is 607 g/mol. The van der Waals surface area contributed by atoms with E-state index in [4.69, 9.17) is 13.8 Å². The van der Waals surface area contributed by atoms with E-state index in [2.05, 4.69) is 121 Å². The number of aryl methyl sites for hydroxylation is 2. The highest BCUT2D eigenvalue weighted by atomic mass is 16.3. The Kier molecular flexibility index (Phi) is 5.64. The van der Waals surface area contributed by atoms with Crippen molar-refractivity contribution in [1.82, 2.24) is 4.98 Å². The van der Waals surface area contributed by atoms with Gasteiger partial charge in [0, 0.05) is 28.2 Å². The molecule has 0 radical (unpaired) electrons. The number of hydrogen-bond acceptors (Lipinski definition) is 4. The highest BCUT2D eigenvalue weighted by Gasteiger charge is 2.27. The van der Waals surface area contributed by atoms with E-state index in [1.165, 1.54) is 37.9 Å². The third-order valence-corrected chi connectivity index (χ3v) is 9.94. The van der Waals surface area contributed by atoms with Crippen LogP contribution in [0, 0.1) is 6.92 Å². The van der Waals surface area contributed by atoms with Crippen LogP contribution in [0.15, 0.2) is 130 Å². The van der Waals surface area contributed by atoms with Gasteiger partial charge in [0.15, 0.2) is 0 Å². The van der Waals surface area contributed by atoms with Gasteiger partial charge in [-0.15, -0.1) is 0 Å².